The molecule has 0 aliphatic carbocycles. The fourth-order valence-electron chi connectivity index (χ4n) is 1.84. The van der Waals surface area contributed by atoms with Gasteiger partial charge in [0.15, 0.2) is 6.61 Å². The summed E-state index contributed by atoms with van der Waals surface area (Å²) in [7, 11) is 0. The molecule has 0 atom stereocenters. The highest BCUT2D eigenvalue weighted by atomic mass is 79.9. The van der Waals surface area contributed by atoms with Crippen LogP contribution < -0.4 is 10.2 Å². The molecule has 0 saturated heterocycles. The fraction of sp³-hybridized carbons (Fsp3) is 0.176. The molecule has 0 aromatic heterocycles. The second kappa shape index (κ2) is 7.78. The molecular weight excluding hydrogens is 360 g/mol. The Bertz CT molecular complexity index is 745. The van der Waals surface area contributed by atoms with Crippen molar-refractivity contribution in [1.82, 2.24) is 5.43 Å². The summed E-state index contributed by atoms with van der Waals surface area (Å²) < 4.78 is 6.29. The fourth-order valence-corrected chi connectivity index (χ4v) is 2.22. The van der Waals surface area contributed by atoms with E-state index in [4.69, 9.17) is 4.74 Å². The van der Waals surface area contributed by atoms with Gasteiger partial charge in [-0.15, -0.1) is 0 Å². The second-order valence-electron chi connectivity index (χ2n) is 5.05. The van der Waals surface area contributed by atoms with Crippen LogP contribution >= 0.6 is 15.9 Å². The van der Waals surface area contributed by atoms with Crippen molar-refractivity contribution in [3.05, 3.63) is 57.6 Å². The van der Waals surface area contributed by atoms with Gasteiger partial charge in [0.2, 0.25) is 0 Å². The van der Waals surface area contributed by atoms with Gasteiger partial charge < -0.3 is 9.84 Å². The average Bonchev–Trinajstić information content (AvgIpc) is 2.51. The largest absolute Gasteiger partial charge is 0.507 e. The van der Waals surface area contributed by atoms with Gasteiger partial charge in [-0.3, -0.25) is 4.79 Å². The van der Waals surface area contributed by atoms with Crippen molar-refractivity contribution in [3.63, 3.8) is 0 Å². The number of halogens is 1. The van der Waals surface area contributed by atoms with Gasteiger partial charge in [0.25, 0.3) is 5.91 Å². The zero-order chi connectivity index (χ0) is 16.8. The van der Waals surface area contributed by atoms with Crippen molar-refractivity contribution in [1.29, 1.82) is 0 Å². The number of phenols is 1. The second-order valence-corrected chi connectivity index (χ2v) is 5.97. The molecule has 0 unspecified atom stereocenters. The van der Waals surface area contributed by atoms with Gasteiger partial charge >= 0.3 is 0 Å². The Morgan fingerprint density at radius 3 is 2.87 bits per heavy atom. The minimum atomic E-state index is -0.378. The number of hydrogen-bond donors (Lipinski definition) is 2. The molecule has 2 aromatic rings. The molecule has 0 heterocycles. The molecule has 0 bridgehead atoms. The van der Waals surface area contributed by atoms with Crippen LogP contribution in [-0.4, -0.2) is 23.8 Å². The number of carbonyl (C=O) groups is 1. The molecule has 0 aliphatic heterocycles. The highest BCUT2D eigenvalue weighted by Gasteiger charge is 2.05. The molecule has 2 rings (SSSR count). The van der Waals surface area contributed by atoms with E-state index < -0.39 is 0 Å². The summed E-state index contributed by atoms with van der Waals surface area (Å²) >= 11 is 3.30. The maximum atomic E-state index is 11.7. The van der Waals surface area contributed by atoms with Crippen LogP contribution in [0, 0.1) is 13.8 Å². The summed E-state index contributed by atoms with van der Waals surface area (Å²) in [4.78, 5) is 11.7. The number of benzene rings is 2. The van der Waals surface area contributed by atoms with Crippen LogP contribution in [0.4, 0.5) is 0 Å². The lowest BCUT2D eigenvalue weighted by Crippen LogP contribution is -2.24. The van der Waals surface area contributed by atoms with Crippen molar-refractivity contribution >= 4 is 28.1 Å². The molecule has 2 N–H and O–H groups in total. The third-order valence-corrected chi connectivity index (χ3v) is 3.58. The van der Waals surface area contributed by atoms with Gasteiger partial charge in [0.05, 0.1) is 6.21 Å². The minimum Gasteiger partial charge on any atom is -0.507 e. The predicted molar refractivity (Wildman–Crippen MR) is 93.0 cm³/mol. The van der Waals surface area contributed by atoms with Crippen LogP contribution in [0.3, 0.4) is 0 Å². The maximum Gasteiger partial charge on any atom is 0.277 e. The Morgan fingerprint density at radius 2 is 2.09 bits per heavy atom. The van der Waals surface area contributed by atoms with E-state index in [0.29, 0.717) is 11.3 Å². The molecule has 1 amide bonds. The Labute approximate surface area is 143 Å². The van der Waals surface area contributed by atoms with E-state index in [1.807, 2.05) is 32.0 Å². The van der Waals surface area contributed by atoms with E-state index in [-0.39, 0.29) is 18.3 Å². The first kappa shape index (κ1) is 17.0. The van der Waals surface area contributed by atoms with Crippen molar-refractivity contribution in [3.8, 4) is 11.5 Å². The number of nitrogens with zero attached hydrogens (tertiary/aromatic N) is 1. The molecular formula is C17H17BrN2O3. The van der Waals surface area contributed by atoms with Gasteiger partial charge in [0.1, 0.15) is 11.5 Å². The number of carbonyl (C=O) groups excluding carboxylic acids is 1. The highest BCUT2D eigenvalue weighted by Crippen LogP contribution is 2.20. The zero-order valence-corrected chi connectivity index (χ0v) is 14.4. The Hall–Kier alpha value is -2.34. The standard InChI is InChI=1S/C17H17BrN2O3/c1-11-3-4-12(2)16(7-11)23-10-17(22)20-19-9-13-8-14(18)5-6-15(13)21/h3-9,21H,10H2,1-2H3,(H,20,22). The third kappa shape index (κ3) is 5.10. The first-order valence-corrected chi connectivity index (χ1v) is 7.75. The van der Waals surface area contributed by atoms with Gasteiger partial charge in [-0.25, -0.2) is 5.43 Å². The first-order chi connectivity index (χ1) is 11.0. The van der Waals surface area contributed by atoms with Crippen molar-refractivity contribution < 1.29 is 14.6 Å². The number of amides is 1. The van der Waals surface area contributed by atoms with Gasteiger partial charge in [-0.05, 0) is 49.2 Å². The Balaban J connectivity index is 1.89. The summed E-state index contributed by atoms with van der Waals surface area (Å²) in [5.41, 5.74) is 4.88. The van der Waals surface area contributed by atoms with Crippen molar-refractivity contribution in [2.24, 2.45) is 5.10 Å². The zero-order valence-electron chi connectivity index (χ0n) is 12.8. The number of aromatic hydroxyl groups is 1. The lowest BCUT2D eigenvalue weighted by atomic mass is 10.1. The van der Waals surface area contributed by atoms with Gasteiger partial charge in [0, 0.05) is 10.0 Å². The molecule has 0 saturated carbocycles. The molecule has 120 valence electrons. The number of rotatable bonds is 5. The van der Waals surface area contributed by atoms with E-state index in [1.165, 1.54) is 12.3 Å². The number of hydrazone groups is 1. The van der Waals surface area contributed by atoms with Crippen LogP contribution in [0.2, 0.25) is 0 Å². The van der Waals surface area contributed by atoms with E-state index in [2.05, 4.69) is 26.5 Å². The summed E-state index contributed by atoms with van der Waals surface area (Å²) in [6, 6.07) is 10.7. The topological polar surface area (TPSA) is 70.9 Å². The molecule has 0 radical (unpaired) electrons. The highest BCUT2D eigenvalue weighted by molar-refractivity contribution is 9.10. The quantitative estimate of drug-likeness (QED) is 0.621. The lowest BCUT2D eigenvalue weighted by molar-refractivity contribution is -0.123. The molecule has 0 spiro atoms. The average molecular weight is 377 g/mol. The van der Waals surface area contributed by atoms with E-state index in [1.54, 1.807) is 12.1 Å². The smallest absolute Gasteiger partial charge is 0.277 e. The molecule has 0 fully saturated rings. The van der Waals surface area contributed by atoms with Gasteiger partial charge in [-0.1, -0.05) is 28.1 Å². The van der Waals surface area contributed by atoms with Crippen molar-refractivity contribution in [2.45, 2.75) is 13.8 Å². The summed E-state index contributed by atoms with van der Waals surface area (Å²) in [6.07, 6.45) is 1.37. The minimum absolute atomic E-state index is 0.0813. The molecule has 2 aromatic carbocycles. The van der Waals surface area contributed by atoms with E-state index >= 15 is 0 Å². The van der Waals surface area contributed by atoms with Crippen LogP contribution in [0.25, 0.3) is 0 Å². The summed E-state index contributed by atoms with van der Waals surface area (Å²) in [6.45, 7) is 3.74. The van der Waals surface area contributed by atoms with Crippen LogP contribution in [0.15, 0.2) is 46.0 Å². The number of hydrogen-bond acceptors (Lipinski definition) is 4. The SMILES string of the molecule is Cc1ccc(C)c(OCC(=O)NN=Cc2cc(Br)ccc2O)c1. The maximum absolute atomic E-state index is 11.7. The van der Waals surface area contributed by atoms with Crippen LogP contribution in [-0.2, 0) is 4.79 Å². The first-order valence-electron chi connectivity index (χ1n) is 6.96. The predicted octanol–water partition coefficient (Wildman–Crippen LogP) is 3.30. The van der Waals surface area contributed by atoms with E-state index in [0.717, 1.165) is 15.6 Å². The molecule has 6 heteroatoms. The normalized spacial score (nSPS) is 10.7. The van der Waals surface area contributed by atoms with Crippen LogP contribution in [0.5, 0.6) is 11.5 Å². The number of phenolic OH excluding ortho intramolecular Hbond substituents is 1. The third-order valence-electron chi connectivity index (χ3n) is 3.08. The number of ether oxygens (including phenoxy) is 1. The molecule has 5 nitrogen and oxygen atoms in total. The lowest BCUT2D eigenvalue weighted by Gasteiger charge is -2.08. The van der Waals surface area contributed by atoms with Crippen LogP contribution in [0.1, 0.15) is 16.7 Å². The Morgan fingerprint density at radius 1 is 1.30 bits per heavy atom. The Kier molecular flexibility index (Phi) is 5.76. The van der Waals surface area contributed by atoms with Gasteiger partial charge in [-0.2, -0.15) is 5.10 Å². The molecule has 0 aliphatic rings. The van der Waals surface area contributed by atoms with Crippen molar-refractivity contribution in [2.75, 3.05) is 6.61 Å². The summed E-state index contributed by atoms with van der Waals surface area (Å²) in [5.74, 6) is 0.378. The number of nitrogens with one attached hydrogen (secondary N) is 1. The number of aryl methyl sites for hydroxylation is 2. The monoisotopic (exact) mass is 376 g/mol. The summed E-state index contributed by atoms with van der Waals surface area (Å²) in [5, 5.41) is 13.5. The molecule has 23 heavy (non-hydrogen) atoms. The van der Waals surface area contributed by atoms with E-state index in [9.17, 15) is 9.90 Å².